The van der Waals surface area contributed by atoms with E-state index >= 15 is 0 Å². The third-order valence-corrected chi connectivity index (χ3v) is 4.37. The Bertz CT molecular complexity index is 915. The average molecular weight is 450 g/mol. The van der Waals surface area contributed by atoms with Crippen LogP contribution in [0.25, 0.3) is 0 Å². The molecule has 0 aliphatic carbocycles. The van der Waals surface area contributed by atoms with E-state index in [9.17, 15) is 9.18 Å². The van der Waals surface area contributed by atoms with Gasteiger partial charge in [0, 0.05) is 11.4 Å². The number of ether oxygens (including phenoxy) is 4. The van der Waals surface area contributed by atoms with Gasteiger partial charge in [-0.2, -0.15) is 5.26 Å². The van der Waals surface area contributed by atoms with Gasteiger partial charge in [-0.15, -0.1) is 0 Å². The van der Waals surface area contributed by atoms with E-state index < -0.39 is 18.2 Å². The molecule has 0 heterocycles. The van der Waals surface area contributed by atoms with E-state index in [4.69, 9.17) is 35.8 Å². The summed E-state index contributed by atoms with van der Waals surface area (Å²) < 4.78 is 35.6. The zero-order valence-electron chi connectivity index (χ0n) is 17.6. The second kappa shape index (κ2) is 12.1. The molecule has 166 valence electrons. The van der Waals surface area contributed by atoms with Crippen molar-refractivity contribution in [3.05, 3.63) is 58.6 Å². The zero-order valence-corrected chi connectivity index (χ0v) is 18.4. The first kappa shape index (κ1) is 24.4. The van der Waals surface area contributed by atoms with Crippen molar-refractivity contribution in [2.45, 2.75) is 38.6 Å². The highest BCUT2D eigenvalue weighted by atomic mass is 35.5. The number of carbonyl (C=O) groups is 1. The normalized spacial score (nSPS) is 12.7. The predicted octanol–water partition coefficient (Wildman–Crippen LogP) is 4.52. The standard InChI is InChI=1S/C23H25ClFNO5/c1-15(2)31-22(23(27)28-3)10-16-5-4-6-20(9-16)29-13-19(25)14-30-21-8-7-18(24)11-17(21)12-26/h4-9,11,15,19,22H,10,13-14H2,1-3H3/t19-,22-/m0/s1. The Morgan fingerprint density at radius 2 is 1.90 bits per heavy atom. The molecule has 0 saturated heterocycles. The minimum absolute atomic E-state index is 0.141. The molecule has 2 atom stereocenters. The van der Waals surface area contributed by atoms with Crippen molar-refractivity contribution in [3.8, 4) is 17.6 Å². The second-order valence-corrected chi connectivity index (χ2v) is 7.46. The Labute approximate surface area is 186 Å². The van der Waals surface area contributed by atoms with Crippen LogP contribution in [-0.4, -0.2) is 44.7 Å². The maximum atomic E-state index is 14.3. The number of nitrogens with zero attached hydrogens (tertiary/aromatic N) is 1. The molecule has 0 fully saturated rings. The Hall–Kier alpha value is -2.82. The number of nitriles is 1. The monoisotopic (exact) mass is 449 g/mol. The van der Waals surface area contributed by atoms with Gasteiger partial charge in [0.05, 0.1) is 18.8 Å². The molecule has 6 nitrogen and oxygen atoms in total. The fraction of sp³-hybridized carbons (Fsp3) is 0.391. The predicted molar refractivity (Wildman–Crippen MR) is 114 cm³/mol. The number of halogens is 2. The Morgan fingerprint density at radius 1 is 1.16 bits per heavy atom. The summed E-state index contributed by atoms with van der Waals surface area (Å²) in [5.74, 6) is 0.257. The van der Waals surface area contributed by atoms with Gasteiger partial charge in [-0.05, 0) is 49.7 Å². The number of rotatable bonds is 11. The molecular weight excluding hydrogens is 425 g/mol. The highest BCUT2D eigenvalue weighted by Crippen LogP contribution is 2.22. The number of carbonyl (C=O) groups excluding carboxylic acids is 1. The first-order valence-corrected chi connectivity index (χ1v) is 10.1. The topological polar surface area (TPSA) is 77.8 Å². The molecule has 0 spiro atoms. The Kier molecular flexibility index (Phi) is 9.57. The lowest BCUT2D eigenvalue weighted by atomic mass is 10.1. The van der Waals surface area contributed by atoms with Gasteiger partial charge in [-0.25, -0.2) is 9.18 Å². The summed E-state index contributed by atoms with van der Waals surface area (Å²) >= 11 is 5.84. The van der Waals surface area contributed by atoms with E-state index in [0.29, 0.717) is 17.2 Å². The van der Waals surface area contributed by atoms with Gasteiger partial charge < -0.3 is 18.9 Å². The van der Waals surface area contributed by atoms with Gasteiger partial charge in [-0.3, -0.25) is 0 Å². The maximum Gasteiger partial charge on any atom is 0.335 e. The zero-order chi connectivity index (χ0) is 22.8. The lowest BCUT2D eigenvalue weighted by Crippen LogP contribution is -2.30. The summed E-state index contributed by atoms with van der Waals surface area (Å²) in [5.41, 5.74) is 1.03. The third-order valence-electron chi connectivity index (χ3n) is 4.13. The lowest BCUT2D eigenvalue weighted by molar-refractivity contribution is -0.156. The molecule has 0 aliphatic rings. The van der Waals surface area contributed by atoms with Gasteiger partial charge in [0.15, 0.2) is 12.3 Å². The van der Waals surface area contributed by atoms with Crippen LogP contribution in [0.2, 0.25) is 5.02 Å². The van der Waals surface area contributed by atoms with Crippen LogP contribution in [0.1, 0.15) is 25.0 Å². The fourth-order valence-electron chi connectivity index (χ4n) is 2.75. The van der Waals surface area contributed by atoms with E-state index in [0.717, 1.165) is 5.56 Å². The number of hydrogen-bond acceptors (Lipinski definition) is 6. The lowest BCUT2D eigenvalue weighted by Gasteiger charge is -2.18. The minimum Gasteiger partial charge on any atom is -0.490 e. The van der Waals surface area contributed by atoms with Crippen LogP contribution in [-0.2, 0) is 20.7 Å². The molecule has 2 aromatic rings. The van der Waals surface area contributed by atoms with E-state index in [1.807, 2.05) is 26.0 Å². The molecule has 0 unspecified atom stereocenters. The van der Waals surface area contributed by atoms with E-state index in [-0.39, 0.29) is 30.6 Å². The summed E-state index contributed by atoms with van der Waals surface area (Å²) in [7, 11) is 1.31. The molecule has 2 aromatic carbocycles. The highest BCUT2D eigenvalue weighted by molar-refractivity contribution is 6.30. The molecule has 2 rings (SSSR count). The summed E-state index contributed by atoms with van der Waals surface area (Å²) in [5, 5.41) is 9.50. The SMILES string of the molecule is COC(=O)[C@H](Cc1cccc(OC[C@H](F)COc2ccc(Cl)cc2C#N)c1)OC(C)C. The molecular formula is C23H25ClFNO5. The van der Waals surface area contributed by atoms with Gasteiger partial charge in [0.1, 0.15) is 30.8 Å². The molecule has 0 N–H and O–H groups in total. The molecule has 0 amide bonds. The number of methoxy groups -OCH3 is 1. The molecule has 0 saturated carbocycles. The van der Waals surface area contributed by atoms with Crippen molar-refractivity contribution in [2.24, 2.45) is 0 Å². The van der Waals surface area contributed by atoms with E-state index in [2.05, 4.69) is 0 Å². The van der Waals surface area contributed by atoms with Crippen LogP contribution in [0.15, 0.2) is 42.5 Å². The molecule has 31 heavy (non-hydrogen) atoms. The highest BCUT2D eigenvalue weighted by Gasteiger charge is 2.22. The van der Waals surface area contributed by atoms with Crippen LogP contribution < -0.4 is 9.47 Å². The van der Waals surface area contributed by atoms with Crippen LogP contribution in [0.5, 0.6) is 11.5 Å². The smallest absolute Gasteiger partial charge is 0.335 e. The second-order valence-electron chi connectivity index (χ2n) is 7.02. The largest absolute Gasteiger partial charge is 0.490 e. The van der Waals surface area contributed by atoms with E-state index in [1.54, 1.807) is 24.3 Å². The molecule has 0 aliphatic heterocycles. The Morgan fingerprint density at radius 3 is 2.58 bits per heavy atom. The summed E-state index contributed by atoms with van der Waals surface area (Å²) in [6.45, 7) is 3.16. The fourth-order valence-corrected chi connectivity index (χ4v) is 2.93. The van der Waals surface area contributed by atoms with Crippen molar-refractivity contribution in [1.29, 1.82) is 5.26 Å². The summed E-state index contributed by atoms with van der Waals surface area (Å²) in [6, 6.07) is 13.5. The molecule has 0 bridgehead atoms. The van der Waals surface area contributed by atoms with Crippen molar-refractivity contribution >= 4 is 17.6 Å². The van der Waals surface area contributed by atoms with Crippen LogP contribution in [0.3, 0.4) is 0 Å². The molecule has 0 radical (unpaired) electrons. The van der Waals surface area contributed by atoms with Gasteiger partial charge in [-0.1, -0.05) is 23.7 Å². The van der Waals surface area contributed by atoms with E-state index in [1.165, 1.54) is 19.2 Å². The van der Waals surface area contributed by atoms with Crippen molar-refractivity contribution < 1.29 is 28.1 Å². The van der Waals surface area contributed by atoms with Gasteiger partial charge in [0.25, 0.3) is 0 Å². The summed E-state index contributed by atoms with van der Waals surface area (Å²) in [4.78, 5) is 11.9. The van der Waals surface area contributed by atoms with Crippen LogP contribution >= 0.6 is 11.6 Å². The number of hydrogen-bond donors (Lipinski definition) is 0. The van der Waals surface area contributed by atoms with Crippen molar-refractivity contribution in [1.82, 2.24) is 0 Å². The number of esters is 1. The number of benzene rings is 2. The van der Waals surface area contributed by atoms with Gasteiger partial charge in [0.2, 0.25) is 0 Å². The molecule has 0 aromatic heterocycles. The average Bonchev–Trinajstić information content (AvgIpc) is 2.75. The van der Waals surface area contributed by atoms with Crippen molar-refractivity contribution in [2.75, 3.05) is 20.3 Å². The number of alkyl halides is 1. The first-order chi connectivity index (χ1) is 14.8. The third kappa shape index (κ3) is 8.08. The van der Waals surface area contributed by atoms with Crippen molar-refractivity contribution in [3.63, 3.8) is 0 Å². The molecule has 8 heteroatoms. The summed E-state index contributed by atoms with van der Waals surface area (Å²) in [6.07, 6.45) is -2.00. The quantitative estimate of drug-likeness (QED) is 0.469. The first-order valence-electron chi connectivity index (χ1n) is 9.74. The van der Waals surface area contributed by atoms with Crippen LogP contribution in [0.4, 0.5) is 4.39 Å². The minimum atomic E-state index is -1.42. The Balaban J connectivity index is 1.91. The maximum absolute atomic E-state index is 14.3. The van der Waals surface area contributed by atoms with Crippen LogP contribution in [0, 0.1) is 11.3 Å². The van der Waals surface area contributed by atoms with Gasteiger partial charge >= 0.3 is 5.97 Å².